The average Bonchev–Trinajstić information content (AvgIpc) is 3.03. The first kappa shape index (κ1) is 25.9. The Kier molecular flexibility index (Phi) is 6.22. The number of aliphatic hydroxyl groups is 1. The fourth-order valence-corrected chi connectivity index (χ4v) is 7.72. The number of hydrogen-bond acceptors (Lipinski definition) is 7. The molecule has 4 aliphatic rings. The van der Waals surface area contributed by atoms with Crippen LogP contribution in [0.4, 0.5) is 13.2 Å². The summed E-state index contributed by atoms with van der Waals surface area (Å²) in [4.78, 5) is 48.4. The van der Waals surface area contributed by atoms with Gasteiger partial charge in [0.2, 0.25) is 5.78 Å². The van der Waals surface area contributed by atoms with Gasteiger partial charge < -0.3 is 14.6 Å². The van der Waals surface area contributed by atoms with E-state index in [0.717, 1.165) is 12.5 Å². The Hall–Kier alpha value is -2.23. The number of esters is 2. The first-order valence-electron chi connectivity index (χ1n) is 12.0. The number of ketones is 2. The highest BCUT2D eigenvalue weighted by molar-refractivity contribution is 5.92. The molecule has 0 bridgehead atoms. The molecule has 4 aliphatic carbocycles. The van der Waals surface area contributed by atoms with Crippen molar-refractivity contribution in [2.24, 2.45) is 28.6 Å². The molecular weight excluding hydrogens is 469 g/mol. The van der Waals surface area contributed by atoms with E-state index < -0.39 is 59.0 Å². The first-order valence-corrected chi connectivity index (χ1v) is 12.0. The maximum absolute atomic E-state index is 13.2. The fraction of sp³-hybridized carbons (Fsp3) is 0.760. The smallest absolute Gasteiger partial charge is 0.458 e. The highest BCUT2D eigenvalue weighted by Gasteiger charge is 2.69. The maximum atomic E-state index is 13.2. The number of carbonyl (C=O) groups excluding carboxylic acids is 4. The van der Waals surface area contributed by atoms with Crippen LogP contribution in [0.25, 0.3) is 0 Å². The molecule has 7 atom stereocenters. The van der Waals surface area contributed by atoms with Crippen LogP contribution in [0.2, 0.25) is 0 Å². The van der Waals surface area contributed by atoms with Crippen molar-refractivity contribution in [3.63, 3.8) is 0 Å². The molecule has 0 heterocycles. The lowest BCUT2D eigenvalue weighted by atomic mass is 9.45. The van der Waals surface area contributed by atoms with Crippen LogP contribution in [0.5, 0.6) is 0 Å². The number of allylic oxidation sites excluding steroid dienone is 1. The number of ether oxygens (including phenoxy) is 2. The Morgan fingerprint density at radius 3 is 2.46 bits per heavy atom. The van der Waals surface area contributed by atoms with Crippen LogP contribution in [0, 0.1) is 28.6 Å². The largest absolute Gasteiger partial charge is 0.490 e. The maximum Gasteiger partial charge on any atom is 0.490 e. The Balaban J connectivity index is 1.75. The lowest BCUT2D eigenvalue weighted by molar-refractivity contribution is -0.226. The predicted molar refractivity (Wildman–Crippen MR) is 115 cm³/mol. The third-order valence-electron chi connectivity index (χ3n) is 9.38. The van der Waals surface area contributed by atoms with Gasteiger partial charge in [-0.05, 0) is 61.9 Å². The monoisotopic (exact) mass is 500 g/mol. The molecule has 0 spiro atoms. The van der Waals surface area contributed by atoms with Gasteiger partial charge in [0.05, 0.1) is 0 Å². The van der Waals surface area contributed by atoms with Crippen LogP contribution >= 0.6 is 0 Å². The average molecular weight is 501 g/mol. The van der Waals surface area contributed by atoms with Gasteiger partial charge in [-0.25, -0.2) is 4.79 Å². The van der Waals surface area contributed by atoms with E-state index in [0.29, 0.717) is 25.7 Å². The molecule has 3 fully saturated rings. The molecule has 0 amide bonds. The second-order valence-corrected chi connectivity index (χ2v) is 11.1. The number of fused-ring (bicyclic) bond motifs is 5. The second-order valence-electron chi connectivity index (χ2n) is 11.1. The van der Waals surface area contributed by atoms with Crippen LogP contribution in [0.15, 0.2) is 11.6 Å². The number of rotatable bonds is 4. The molecule has 0 radical (unpaired) electrons. The summed E-state index contributed by atoms with van der Waals surface area (Å²) in [5.74, 6) is -4.63. The highest BCUT2D eigenvalue weighted by atomic mass is 19.4. The molecule has 35 heavy (non-hydrogen) atoms. The summed E-state index contributed by atoms with van der Waals surface area (Å²) in [6.07, 6.45) is -2.57. The molecule has 0 aromatic rings. The topological polar surface area (TPSA) is 107 Å². The molecule has 0 aromatic heterocycles. The first-order chi connectivity index (χ1) is 16.1. The molecule has 194 valence electrons. The van der Waals surface area contributed by atoms with E-state index in [1.807, 2.05) is 6.92 Å². The summed E-state index contributed by atoms with van der Waals surface area (Å²) in [7, 11) is 0. The van der Waals surface area contributed by atoms with E-state index in [1.54, 1.807) is 13.0 Å². The molecule has 0 unspecified atom stereocenters. The molecular formula is C25H31F3O7. The molecule has 7 nitrogen and oxygen atoms in total. The normalized spacial score (nSPS) is 40.7. The van der Waals surface area contributed by atoms with Crippen LogP contribution in [0.1, 0.15) is 65.7 Å². The van der Waals surface area contributed by atoms with Crippen molar-refractivity contribution in [2.45, 2.75) is 83.6 Å². The van der Waals surface area contributed by atoms with Crippen LogP contribution in [-0.2, 0) is 28.7 Å². The van der Waals surface area contributed by atoms with Crippen molar-refractivity contribution >= 4 is 23.5 Å². The minimum atomic E-state index is -5.19. The number of carbonyl (C=O) groups is 4. The predicted octanol–water partition coefficient (Wildman–Crippen LogP) is 3.47. The van der Waals surface area contributed by atoms with Gasteiger partial charge in [-0.1, -0.05) is 19.4 Å². The van der Waals surface area contributed by atoms with Crippen molar-refractivity contribution in [1.29, 1.82) is 0 Å². The quantitative estimate of drug-likeness (QED) is 0.589. The van der Waals surface area contributed by atoms with Crippen molar-refractivity contribution in [3.8, 4) is 0 Å². The van der Waals surface area contributed by atoms with E-state index >= 15 is 0 Å². The van der Waals surface area contributed by atoms with Crippen LogP contribution in [0.3, 0.4) is 0 Å². The van der Waals surface area contributed by atoms with Crippen LogP contribution < -0.4 is 0 Å². The zero-order chi connectivity index (χ0) is 26.0. The van der Waals surface area contributed by atoms with Gasteiger partial charge in [0.15, 0.2) is 12.4 Å². The van der Waals surface area contributed by atoms with Gasteiger partial charge in [-0.15, -0.1) is 0 Å². The molecule has 1 N–H and O–H groups in total. The summed E-state index contributed by atoms with van der Waals surface area (Å²) in [6.45, 7) is 4.09. The summed E-state index contributed by atoms with van der Waals surface area (Å²) in [5.41, 5.74) is -2.87. The van der Waals surface area contributed by atoms with Crippen molar-refractivity contribution in [3.05, 3.63) is 11.6 Å². The van der Waals surface area contributed by atoms with Gasteiger partial charge in [-0.3, -0.25) is 14.4 Å². The Labute approximate surface area is 201 Å². The molecule has 0 aromatic carbocycles. The summed E-state index contributed by atoms with van der Waals surface area (Å²) in [5, 5.41) is 11.6. The van der Waals surface area contributed by atoms with Crippen molar-refractivity contribution in [2.75, 3.05) is 6.61 Å². The van der Waals surface area contributed by atoms with Gasteiger partial charge in [0.25, 0.3) is 0 Å². The van der Waals surface area contributed by atoms with Gasteiger partial charge in [-0.2, -0.15) is 13.2 Å². The number of halogens is 3. The Morgan fingerprint density at radius 2 is 1.83 bits per heavy atom. The van der Waals surface area contributed by atoms with Gasteiger partial charge in [0, 0.05) is 24.7 Å². The molecule has 0 aliphatic heterocycles. The van der Waals surface area contributed by atoms with Gasteiger partial charge in [0.1, 0.15) is 11.7 Å². The third kappa shape index (κ3) is 4.01. The lowest BCUT2D eigenvalue weighted by Gasteiger charge is -2.60. The second kappa shape index (κ2) is 8.42. The van der Waals surface area contributed by atoms with Crippen molar-refractivity contribution < 1.29 is 46.9 Å². The van der Waals surface area contributed by atoms with E-state index in [4.69, 9.17) is 9.47 Å². The number of hydrogen-bond donors (Lipinski definition) is 1. The van der Waals surface area contributed by atoms with E-state index in [-0.39, 0.29) is 36.9 Å². The van der Waals surface area contributed by atoms with Gasteiger partial charge >= 0.3 is 18.1 Å². The van der Waals surface area contributed by atoms with Crippen LogP contribution in [-0.4, -0.2) is 53.1 Å². The highest BCUT2D eigenvalue weighted by Crippen LogP contribution is 2.68. The molecule has 3 saturated carbocycles. The molecule has 0 saturated heterocycles. The Morgan fingerprint density at radius 1 is 1.14 bits per heavy atom. The van der Waals surface area contributed by atoms with E-state index in [2.05, 4.69) is 0 Å². The third-order valence-corrected chi connectivity index (χ3v) is 9.38. The minimum absolute atomic E-state index is 0.0216. The standard InChI is InChI=1S/C25H31F3O7/c1-13(29)34-12-19(31)24(33)9-7-17-16-5-4-14-10-15(30)6-8-22(14,2)20(16)18(11-23(17,24)3)35-21(32)25(26,27)28/h10,16-18,20,33H,4-9,11-12H2,1-3H3/t16-,17-,18-,20+,22-,23-,24+/m0/s1. The molecule has 4 rings (SSSR count). The SMILES string of the molecule is CC(=O)OCC(=O)[C@]1(O)CC[C@H]2[C@@H]3CCC4=CC(=O)CC[C@]4(C)[C@H]3[C@@H](OC(=O)C(F)(F)F)C[C@@]21C. The fourth-order valence-electron chi connectivity index (χ4n) is 7.72. The zero-order valence-electron chi connectivity index (χ0n) is 20.1. The minimum Gasteiger partial charge on any atom is -0.458 e. The molecule has 10 heteroatoms. The zero-order valence-corrected chi connectivity index (χ0v) is 20.1. The summed E-state index contributed by atoms with van der Waals surface area (Å²) in [6, 6.07) is 0. The summed E-state index contributed by atoms with van der Waals surface area (Å²) >= 11 is 0. The van der Waals surface area contributed by atoms with E-state index in [1.165, 1.54) is 0 Å². The number of alkyl halides is 3. The number of Topliss-reactive ketones (excluding diaryl/α,β-unsaturated/α-hetero) is 1. The summed E-state index contributed by atoms with van der Waals surface area (Å²) < 4.78 is 49.7. The van der Waals surface area contributed by atoms with E-state index in [9.17, 15) is 37.5 Å². The lowest BCUT2D eigenvalue weighted by Crippen LogP contribution is -2.63. The van der Waals surface area contributed by atoms with Crippen molar-refractivity contribution in [1.82, 2.24) is 0 Å². The Bertz CT molecular complexity index is 988.